The van der Waals surface area contributed by atoms with Crippen LogP contribution in [0.5, 0.6) is 5.75 Å². The summed E-state index contributed by atoms with van der Waals surface area (Å²) < 4.78 is 10.6. The third kappa shape index (κ3) is 5.19. The number of aryl methyl sites for hydroxylation is 2. The largest absolute Gasteiger partial charge is 0.483 e. The molecule has 0 aliphatic carbocycles. The van der Waals surface area contributed by atoms with Crippen LogP contribution < -0.4 is 10.1 Å². The maximum Gasteiger partial charge on any atom is 0.260 e. The van der Waals surface area contributed by atoms with E-state index in [1.54, 1.807) is 4.90 Å². The molecule has 0 spiro atoms. The molecule has 138 valence electrons. The number of ether oxygens (including phenoxy) is 2. The molecule has 1 heterocycles. The van der Waals surface area contributed by atoms with Gasteiger partial charge in [0.1, 0.15) is 12.4 Å². The van der Waals surface area contributed by atoms with Crippen LogP contribution in [0.1, 0.15) is 29.5 Å². The molecule has 1 aliphatic heterocycles. The van der Waals surface area contributed by atoms with Gasteiger partial charge >= 0.3 is 0 Å². The third-order valence-corrected chi connectivity index (χ3v) is 4.70. The molecule has 6 nitrogen and oxygen atoms in total. The number of methoxy groups -OCH3 is 1. The van der Waals surface area contributed by atoms with E-state index in [0.29, 0.717) is 13.1 Å². The zero-order chi connectivity index (χ0) is 18.4. The van der Waals surface area contributed by atoms with Gasteiger partial charge in [0.2, 0.25) is 5.91 Å². The van der Waals surface area contributed by atoms with Gasteiger partial charge in [-0.3, -0.25) is 9.59 Å². The molecule has 1 N–H and O–H groups in total. The summed E-state index contributed by atoms with van der Waals surface area (Å²) >= 11 is 0. The fourth-order valence-corrected chi connectivity index (χ4v) is 3.05. The number of likely N-dealkylation sites (tertiary alicyclic amines) is 1. The zero-order valence-electron chi connectivity index (χ0n) is 15.6. The van der Waals surface area contributed by atoms with Crippen molar-refractivity contribution in [1.29, 1.82) is 0 Å². The standard InChI is InChI=1S/C19H28N2O4/c1-13-5-6-14(2)19(15(13)3)25-12-18(23)21-9-7-16(8-10-21)20-17(22)11-24-4/h5-6,16H,7-12H2,1-4H3,(H,20,22). The van der Waals surface area contributed by atoms with Crippen molar-refractivity contribution in [3.63, 3.8) is 0 Å². The van der Waals surface area contributed by atoms with Crippen LogP contribution in [0, 0.1) is 20.8 Å². The van der Waals surface area contributed by atoms with E-state index in [-0.39, 0.29) is 31.1 Å². The number of nitrogens with one attached hydrogen (secondary N) is 1. The van der Waals surface area contributed by atoms with Crippen LogP contribution in [0.25, 0.3) is 0 Å². The predicted molar refractivity (Wildman–Crippen MR) is 95.8 cm³/mol. The summed E-state index contributed by atoms with van der Waals surface area (Å²) in [5, 5.41) is 2.93. The van der Waals surface area contributed by atoms with Gasteiger partial charge in [-0.25, -0.2) is 0 Å². The summed E-state index contributed by atoms with van der Waals surface area (Å²) in [6.07, 6.45) is 1.51. The second kappa shape index (κ2) is 8.85. The van der Waals surface area contributed by atoms with Crippen LogP contribution in [-0.2, 0) is 14.3 Å². The Labute approximate surface area is 149 Å². The molecule has 1 saturated heterocycles. The molecular formula is C19H28N2O4. The zero-order valence-corrected chi connectivity index (χ0v) is 15.6. The normalized spacial score (nSPS) is 15.1. The molecule has 6 heteroatoms. The molecule has 2 amide bonds. The summed E-state index contributed by atoms with van der Waals surface area (Å²) in [6, 6.07) is 4.17. The van der Waals surface area contributed by atoms with Crippen LogP contribution in [0.4, 0.5) is 0 Å². The fourth-order valence-electron chi connectivity index (χ4n) is 3.05. The Kier molecular flexibility index (Phi) is 6.82. The lowest BCUT2D eigenvalue weighted by molar-refractivity contribution is -0.134. The minimum absolute atomic E-state index is 0.0121. The smallest absolute Gasteiger partial charge is 0.260 e. The highest BCUT2D eigenvalue weighted by Gasteiger charge is 2.24. The summed E-state index contributed by atoms with van der Waals surface area (Å²) in [5.41, 5.74) is 3.27. The first-order valence-electron chi connectivity index (χ1n) is 8.68. The highest BCUT2D eigenvalue weighted by Crippen LogP contribution is 2.25. The Morgan fingerprint density at radius 2 is 1.76 bits per heavy atom. The highest BCUT2D eigenvalue weighted by molar-refractivity contribution is 5.78. The minimum Gasteiger partial charge on any atom is -0.483 e. The molecule has 1 aromatic carbocycles. The lowest BCUT2D eigenvalue weighted by atomic mass is 10.0. The quantitative estimate of drug-likeness (QED) is 0.850. The number of amides is 2. The van der Waals surface area contributed by atoms with E-state index in [1.165, 1.54) is 7.11 Å². The van der Waals surface area contributed by atoms with Gasteiger partial charge < -0.3 is 19.7 Å². The number of rotatable bonds is 6. The van der Waals surface area contributed by atoms with E-state index >= 15 is 0 Å². The summed E-state index contributed by atoms with van der Waals surface area (Å²) in [4.78, 5) is 25.7. The van der Waals surface area contributed by atoms with Crippen molar-refractivity contribution in [2.45, 2.75) is 39.7 Å². The fraction of sp³-hybridized carbons (Fsp3) is 0.579. The van der Waals surface area contributed by atoms with Gasteiger partial charge in [-0.1, -0.05) is 12.1 Å². The lowest BCUT2D eigenvalue weighted by Crippen LogP contribution is -2.48. The molecule has 0 saturated carbocycles. The molecule has 0 atom stereocenters. The Bertz CT molecular complexity index is 622. The molecule has 1 fully saturated rings. The molecule has 0 unspecified atom stereocenters. The number of carbonyl (C=O) groups excluding carboxylic acids is 2. The van der Waals surface area contributed by atoms with Crippen LogP contribution in [0.3, 0.4) is 0 Å². The maximum atomic E-state index is 12.4. The molecule has 0 aromatic heterocycles. The number of benzene rings is 1. The van der Waals surface area contributed by atoms with Crippen molar-refractivity contribution in [2.75, 3.05) is 33.4 Å². The van der Waals surface area contributed by atoms with Crippen molar-refractivity contribution >= 4 is 11.8 Å². The summed E-state index contributed by atoms with van der Waals surface area (Å²) in [5.74, 6) is 0.679. The molecule has 25 heavy (non-hydrogen) atoms. The SMILES string of the molecule is COCC(=O)NC1CCN(C(=O)COc2c(C)ccc(C)c2C)CC1. The first-order chi connectivity index (χ1) is 11.9. The van der Waals surface area contributed by atoms with Gasteiger partial charge in [0, 0.05) is 26.2 Å². The number of hydrogen-bond donors (Lipinski definition) is 1. The van der Waals surface area contributed by atoms with E-state index in [1.807, 2.05) is 26.8 Å². The van der Waals surface area contributed by atoms with Gasteiger partial charge in [-0.2, -0.15) is 0 Å². The van der Waals surface area contributed by atoms with Gasteiger partial charge in [0.25, 0.3) is 5.91 Å². The lowest BCUT2D eigenvalue weighted by Gasteiger charge is -2.32. The molecule has 0 bridgehead atoms. The average molecular weight is 348 g/mol. The van der Waals surface area contributed by atoms with Gasteiger partial charge in [0.05, 0.1) is 0 Å². The second-order valence-electron chi connectivity index (χ2n) is 6.60. The van der Waals surface area contributed by atoms with Crippen LogP contribution in [-0.4, -0.2) is 56.2 Å². The Morgan fingerprint density at radius 1 is 1.12 bits per heavy atom. The Morgan fingerprint density at radius 3 is 2.40 bits per heavy atom. The van der Waals surface area contributed by atoms with Crippen LogP contribution in [0.2, 0.25) is 0 Å². The van der Waals surface area contributed by atoms with Crippen molar-refractivity contribution in [2.24, 2.45) is 0 Å². The van der Waals surface area contributed by atoms with Crippen molar-refractivity contribution in [3.05, 3.63) is 28.8 Å². The highest BCUT2D eigenvalue weighted by atomic mass is 16.5. The number of piperidine rings is 1. The van der Waals surface area contributed by atoms with E-state index in [4.69, 9.17) is 9.47 Å². The van der Waals surface area contributed by atoms with E-state index in [2.05, 4.69) is 11.4 Å². The summed E-state index contributed by atoms with van der Waals surface area (Å²) in [7, 11) is 1.50. The third-order valence-electron chi connectivity index (χ3n) is 4.70. The first kappa shape index (κ1) is 19.2. The molecule has 2 rings (SSSR count). The summed E-state index contributed by atoms with van der Waals surface area (Å²) in [6.45, 7) is 7.41. The molecule has 0 radical (unpaired) electrons. The van der Waals surface area contributed by atoms with Crippen molar-refractivity contribution < 1.29 is 19.1 Å². The van der Waals surface area contributed by atoms with Crippen molar-refractivity contribution in [3.8, 4) is 5.75 Å². The second-order valence-corrected chi connectivity index (χ2v) is 6.60. The predicted octanol–water partition coefficient (Wildman–Crippen LogP) is 1.74. The minimum atomic E-state index is -0.110. The topological polar surface area (TPSA) is 67.9 Å². The maximum absolute atomic E-state index is 12.4. The van der Waals surface area contributed by atoms with Crippen molar-refractivity contribution in [1.82, 2.24) is 10.2 Å². The Balaban J connectivity index is 1.82. The average Bonchev–Trinajstić information content (AvgIpc) is 2.59. The molecule has 1 aromatic rings. The first-order valence-corrected chi connectivity index (χ1v) is 8.68. The van der Waals surface area contributed by atoms with Gasteiger partial charge in [-0.15, -0.1) is 0 Å². The van der Waals surface area contributed by atoms with E-state index in [0.717, 1.165) is 35.3 Å². The number of carbonyl (C=O) groups is 2. The van der Waals surface area contributed by atoms with Crippen LogP contribution >= 0.6 is 0 Å². The van der Waals surface area contributed by atoms with Gasteiger partial charge in [0.15, 0.2) is 6.61 Å². The Hall–Kier alpha value is -2.08. The van der Waals surface area contributed by atoms with E-state index < -0.39 is 0 Å². The monoisotopic (exact) mass is 348 g/mol. The number of nitrogens with zero attached hydrogens (tertiary/aromatic N) is 1. The molecular weight excluding hydrogens is 320 g/mol. The van der Waals surface area contributed by atoms with Gasteiger partial charge in [-0.05, 0) is 50.3 Å². The molecule has 1 aliphatic rings. The van der Waals surface area contributed by atoms with Crippen LogP contribution in [0.15, 0.2) is 12.1 Å². The van der Waals surface area contributed by atoms with E-state index in [9.17, 15) is 9.59 Å². The number of hydrogen-bond acceptors (Lipinski definition) is 4.